The van der Waals surface area contributed by atoms with E-state index in [2.05, 4.69) is 9.71 Å². The molecule has 1 amide bonds. The molecule has 0 spiro atoms. The van der Waals surface area contributed by atoms with E-state index in [0.717, 1.165) is 6.07 Å². The number of hydrogen-bond donors (Lipinski definition) is 2. The van der Waals surface area contributed by atoms with Crippen LogP contribution in [0.1, 0.15) is 28.4 Å². The van der Waals surface area contributed by atoms with E-state index >= 15 is 0 Å². The number of sulfonamides is 1. The number of amides is 1. The molecule has 0 atom stereocenters. The second-order valence-electron chi connectivity index (χ2n) is 6.88. The van der Waals surface area contributed by atoms with Gasteiger partial charge < -0.3 is 10.0 Å². The maximum atomic E-state index is 14.2. The van der Waals surface area contributed by atoms with Gasteiger partial charge in [0.05, 0.1) is 17.0 Å². The average molecular weight is 450 g/mol. The maximum Gasteiger partial charge on any atom is 0.258 e. The Kier molecular flexibility index (Phi) is 5.03. The zero-order valence-corrected chi connectivity index (χ0v) is 17.4. The van der Waals surface area contributed by atoms with E-state index in [9.17, 15) is 22.7 Å². The quantitative estimate of drug-likeness (QED) is 0.579. The highest BCUT2D eigenvalue weighted by atomic mass is 35.5. The number of aromatic nitrogens is 1. The van der Waals surface area contributed by atoms with Crippen LogP contribution in [0.4, 0.5) is 10.1 Å². The van der Waals surface area contributed by atoms with Gasteiger partial charge in [0.1, 0.15) is 11.3 Å². The van der Waals surface area contributed by atoms with Gasteiger partial charge in [0, 0.05) is 40.8 Å². The summed E-state index contributed by atoms with van der Waals surface area (Å²) >= 11 is 5.79. The summed E-state index contributed by atoms with van der Waals surface area (Å²) < 4.78 is 41.3. The van der Waals surface area contributed by atoms with Gasteiger partial charge in [-0.1, -0.05) is 17.7 Å². The molecule has 156 valence electrons. The molecule has 2 heterocycles. The lowest BCUT2D eigenvalue weighted by molar-refractivity contribution is 0.0763. The van der Waals surface area contributed by atoms with Crippen LogP contribution in [0.25, 0.3) is 10.9 Å². The van der Waals surface area contributed by atoms with Crippen LogP contribution in [0, 0.1) is 5.82 Å². The fourth-order valence-electron chi connectivity index (χ4n) is 3.48. The first kappa shape index (κ1) is 20.4. The maximum absolute atomic E-state index is 14.2. The molecule has 2 aromatic carbocycles. The van der Waals surface area contributed by atoms with Gasteiger partial charge in [-0.15, -0.1) is 0 Å². The molecular formula is C20H17ClFN3O4S. The number of nitrogens with one attached hydrogen (secondary N) is 1. The number of phenolic OH excluding ortho intramolecular Hbond substituents is 1. The number of pyridine rings is 1. The number of benzene rings is 2. The van der Waals surface area contributed by atoms with Gasteiger partial charge in [-0.3, -0.25) is 14.5 Å². The van der Waals surface area contributed by atoms with E-state index in [1.165, 1.54) is 30.2 Å². The SMILES string of the molecule is CCS(=O)(=O)Nc1c2c(c(O)c3ncccc13)C(=O)N(Cc1ccc(Cl)cc1F)C2. The summed E-state index contributed by atoms with van der Waals surface area (Å²) in [7, 11) is -3.67. The molecule has 2 N–H and O–H groups in total. The number of halogens is 2. The largest absolute Gasteiger partial charge is 0.505 e. The minimum Gasteiger partial charge on any atom is -0.505 e. The molecule has 0 saturated carbocycles. The minimum atomic E-state index is -3.67. The van der Waals surface area contributed by atoms with Crippen LogP contribution in [0.2, 0.25) is 5.02 Å². The van der Waals surface area contributed by atoms with Crippen LogP contribution in [0.3, 0.4) is 0 Å². The Labute approximate surface area is 177 Å². The van der Waals surface area contributed by atoms with E-state index in [4.69, 9.17) is 11.6 Å². The molecule has 1 aliphatic heterocycles. The lowest BCUT2D eigenvalue weighted by Crippen LogP contribution is -2.24. The molecule has 0 radical (unpaired) electrons. The van der Waals surface area contributed by atoms with Crippen molar-refractivity contribution in [3.63, 3.8) is 0 Å². The molecule has 0 saturated heterocycles. The minimum absolute atomic E-state index is 0.00377. The third-order valence-electron chi connectivity index (χ3n) is 5.01. The van der Waals surface area contributed by atoms with Crippen molar-refractivity contribution in [2.24, 2.45) is 0 Å². The van der Waals surface area contributed by atoms with Crippen molar-refractivity contribution in [1.82, 2.24) is 9.88 Å². The number of phenols is 1. The van der Waals surface area contributed by atoms with E-state index in [-0.39, 0.29) is 51.9 Å². The zero-order valence-electron chi connectivity index (χ0n) is 15.8. The first-order valence-corrected chi connectivity index (χ1v) is 11.1. The Balaban J connectivity index is 1.84. The second kappa shape index (κ2) is 7.41. The lowest BCUT2D eigenvalue weighted by Gasteiger charge is -2.17. The van der Waals surface area contributed by atoms with Crippen molar-refractivity contribution in [1.29, 1.82) is 0 Å². The third-order valence-corrected chi connectivity index (χ3v) is 6.52. The summed E-state index contributed by atoms with van der Waals surface area (Å²) in [6.45, 7) is 1.42. The molecule has 3 aromatic rings. The number of carbonyl (C=O) groups excluding carboxylic acids is 1. The molecule has 0 fully saturated rings. The molecule has 10 heteroatoms. The van der Waals surface area contributed by atoms with Gasteiger partial charge in [-0.25, -0.2) is 12.8 Å². The van der Waals surface area contributed by atoms with Crippen LogP contribution in [0.15, 0.2) is 36.5 Å². The van der Waals surface area contributed by atoms with Crippen LogP contribution in [-0.2, 0) is 23.1 Å². The van der Waals surface area contributed by atoms with Gasteiger partial charge >= 0.3 is 0 Å². The van der Waals surface area contributed by atoms with Crippen molar-refractivity contribution in [3.8, 4) is 5.75 Å². The average Bonchev–Trinajstić information content (AvgIpc) is 3.04. The van der Waals surface area contributed by atoms with Gasteiger partial charge in [0.15, 0.2) is 5.75 Å². The Bertz CT molecular complexity index is 1300. The third kappa shape index (κ3) is 3.44. The number of aromatic hydroxyl groups is 1. The summed E-state index contributed by atoms with van der Waals surface area (Å²) in [5.74, 6) is -1.60. The van der Waals surface area contributed by atoms with Crippen LogP contribution >= 0.6 is 11.6 Å². The fraction of sp³-hybridized carbons (Fsp3) is 0.200. The van der Waals surface area contributed by atoms with Crippen LogP contribution in [-0.4, -0.2) is 35.1 Å². The molecule has 4 rings (SSSR count). The van der Waals surface area contributed by atoms with Crippen molar-refractivity contribution >= 4 is 44.1 Å². The van der Waals surface area contributed by atoms with Gasteiger partial charge in [0.2, 0.25) is 10.0 Å². The molecule has 1 aromatic heterocycles. The predicted octanol–water partition coefficient (Wildman–Crippen LogP) is 3.65. The normalized spacial score (nSPS) is 13.7. The number of anilines is 1. The van der Waals surface area contributed by atoms with Gasteiger partial charge in [0.25, 0.3) is 5.91 Å². The lowest BCUT2D eigenvalue weighted by atomic mass is 10.0. The first-order chi connectivity index (χ1) is 14.2. The zero-order chi connectivity index (χ0) is 21.6. The molecule has 0 bridgehead atoms. The number of rotatable bonds is 5. The van der Waals surface area contributed by atoms with Crippen LogP contribution in [0.5, 0.6) is 5.75 Å². The highest BCUT2D eigenvalue weighted by Gasteiger charge is 2.36. The summed E-state index contributed by atoms with van der Waals surface area (Å²) in [4.78, 5) is 18.5. The van der Waals surface area contributed by atoms with Crippen molar-refractivity contribution in [2.75, 3.05) is 10.5 Å². The van der Waals surface area contributed by atoms with Gasteiger partial charge in [-0.05, 0) is 31.2 Å². The monoisotopic (exact) mass is 449 g/mol. The van der Waals surface area contributed by atoms with Gasteiger partial charge in [-0.2, -0.15) is 0 Å². The van der Waals surface area contributed by atoms with E-state index in [0.29, 0.717) is 10.9 Å². The summed E-state index contributed by atoms with van der Waals surface area (Å²) in [6.07, 6.45) is 1.44. The molecular weight excluding hydrogens is 433 g/mol. The van der Waals surface area contributed by atoms with Crippen molar-refractivity contribution < 1.29 is 22.7 Å². The van der Waals surface area contributed by atoms with E-state index in [1.807, 2.05) is 0 Å². The van der Waals surface area contributed by atoms with Crippen molar-refractivity contribution in [3.05, 3.63) is 64.1 Å². The Hall–Kier alpha value is -2.91. The number of carbonyl (C=O) groups is 1. The molecule has 30 heavy (non-hydrogen) atoms. The second-order valence-corrected chi connectivity index (χ2v) is 9.33. The molecule has 0 unspecified atom stereocenters. The number of nitrogens with zero attached hydrogens (tertiary/aromatic N) is 2. The Morgan fingerprint density at radius 1 is 1.33 bits per heavy atom. The topological polar surface area (TPSA) is 99.6 Å². The number of hydrogen-bond acceptors (Lipinski definition) is 5. The molecule has 7 nitrogen and oxygen atoms in total. The van der Waals surface area contributed by atoms with Crippen LogP contribution < -0.4 is 4.72 Å². The van der Waals surface area contributed by atoms with E-state index in [1.54, 1.807) is 12.1 Å². The smallest absolute Gasteiger partial charge is 0.258 e. The first-order valence-electron chi connectivity index (χ1n) is 9.08. The Morgan fingerprint density at radius 2 is 2.10 bits per heavy atom. The number of fused-ring (bicyclic) bond motifs is 2. The highest BCUT2D eigenvalue weighted by molar-refractivity contribution is 7.92. The predicted molar refractivity (Wildman–Crippen MR) is 111 cm³/mol. The van der Waals surface area contributed by atoms with E-state index < -0.39 is 21.7 Å². The standard InChI is InChI=1S/C20H17ClFN3O4S/c1-2-30(28,29)24-17-13-4-3-7-23-18(13)19(26)16-14(17)10-25(20(16)27)9-11-5-6-12(21)8-15(11)22/h3-8,24,26H,2,9-10H2,1H3. The molecule has 0 aliphatic carbocycles. The highest BCUT2D eigenvalue weighted by Crippen LogP contribution is 2.43. The Morgan fingerprint density at radius 3 is 2.80 bits per heavy atom. The fourth-order valence-corrected chi connectivity index (χ4v) is 4.33. The summed E-state index contributed by atoms with van der Waals surface area (Å²) in [6, 6.07) is 7.37. The summed E-state index contributed by atoms with van der Waals surface area (Å²) in [5.41, 5.74) is 0.838. The molecule has 1 aliphatic rings. The van der Waals surface area contributed by atoms with Crippen molar-refractivity contribution in [2.45, 2.75) is 20.0 Å². The summed E-state index contributed by atoms with van der Waals surface area (Å²) in [5, 5.41) is 11.3.